The molecule has 0 aliphatic rings. The van der Waals surface area contributed by atoms with Crippen LogP contribution in [0.25, 0.3) is 0 Å². The van der Waals surface area contributed by atoms with E-state index in [0.717, 1.165) is 24.3 Å². The van der Waals surface area contributed by atoms with Gasteiger partial charge in [0.15, 0.2) is 0 Å². The summed E-state index contributed by atoms with van der Waals surface area (Å²) in [5, 5.41) is 0. The Morgan fingerprint density at radius 2 is 2.00 bits per heavy atom. The number of para-hydroxylation sites is 2. The number of thiophene rings is 1. The summed E-state index contributed by atoms with van der Waals surface area (Å²) in [5.74, 6) is 0. The van der Waals surface area contributed by atoms with Crippen LogP contribution in [-0.4, -0.2) is 13.6 Å². The van der Waals surface area contributed by atoms with Crippen LogP contribution >= 0.6 is 27.3 Å². The van der Waals surface area contributed by atoms with Gasteiger partial charge in [0, 0.05) is 18.5 Å². The lowest BCUT2D eigenvalue weighted by Crippen LogP contribution is -2.21. The van der Waals surface area contributed by atoms with Crippen LogP contribution in [0.1, 0.15) is 4.88 Å². The Morgan fingerprint density at radius 1 is 1.24 bits per heavy atom. The van der Waals surface area contributed by atoms with Crippen molar-refractivity contribution >= 4 is 38.6 Å². The third-order valence-electron chi connectivity index (χ3n) is 2.67. The number of anilines is 2. The molecular weight excluding hydrogens is 296 g/mol. The normalized spacial score (nSPS) is 10.5. The van der Waals surface area contributed by atoms with E-state index in [9.17, 15) is 0 Å². The van der Waals surface area contributed by atoms with Crippen LogP contribution in [0.3, 0.4) is 0 Å². The Kier molecular flexibility index (Phi) is 4.07. The van der Waals surface area contributed by atoms with E-state index in [1.165, 1.54) is 8.66 Å². The third kappa shape index (κ3) is 3.23. The van der Waals surface area contributed by atoms with Crippen molar-refractivity contribution in [3.8, 4) is 0 Å². The highest BCUT2D eigenvalue weighted by molar-refractivity contribution is 9.11. The molecule has 0 radical (unpaired) electrons. The standard InChI is InChI=1S/C13H15BrN2S/c1-16(12-5-3-2-4-11(12)15)9-8-10-6-7-13(14)17-10/h2-7H,8-9,15H2,1H3. The number of nitrogens with two attached hydrogens (primary N) is 1. The molecule has 1 heterocycles. The maximum absolute atomic E-state index is 5.95. The van der Waals surface area contributed by atoms with Crippen molar-refractivity contribution < 1.29 is 0 Å². The number of nitrogens with zero attached hydrogens (tertiary/aromatic N) is 1. The monoisotopic (exact) mass is 310 g/mol. The van der Waals surface area contributed by atoms with Crippen molar-refractivity contribution in [2.24, 2.45) is 0 Å². The first kappa shape index (κ1) is 12.5. The van der Waals surface area contributed by atoms with Crippen molar-refractivity contribution in [1.82, 2.24) is 0 Å². The molecule has 2 rings (SSSR count). The molecular formula is C13H15BrN2S. The van der Waals surface area contributed by atoms with E-state index in [1.807, 2.05) is 18.2 Å². The van der Waals surface area contributed by atoms with Crippen LogP contribution in [0.4, 0.5) is 11.4 Å². The Labute approximate surface area is 114 Å². The molecule has 0 aliphatic carbocycles. The minimum atomic E-state index is 0.836. The second-order valence-electron chi connectivity index (χ2n) is 3.94. The van der Waals surface area contributed by atoms with Gasteiger partial charge < -0.3 is 10.6 Å². The van der Waals surface area contributed by atoms with Gasteiger partial charge in [-0.2, -0.15) is 0 Å². The summed E-state index contributed by atoms with van der Waals surface area (Å²) < 4.78 is 1.19. The zero-order valence-electron chi connectivity index (χ0n) is 9.69. The fraction of sp³-hybridized carbons (Fsp3) is 0.231. The first-order chi connectivity index (χ1) is 8.16. The first-order valence-electron chi connectivity index (χ1n) is 5.46. The van der Waals surface area contributed by atoms with Crippen LogP contribution < -0.4 is 10.6 Å². The molecule has 1 aromatic carbocycles. The van der Waals surface area contributed by atoms with Crippen LogP contribution in [0, 0.1) is 0 Å². The van der Waals surface area contributed by atoms with E-state index in [1.54, 1.807) is 11.3 Å². The molecule has 0 saturated carbocycles. The van der Waals surface area contributed by atoms with Gasteiger partial charge in [-0.3, -0.25) is 0 Å². The average molecular weight is 311 g/mol. The van der Waals surface area contributed by atoms with Gasteiger partial charge in [-0.25, -0.2) is 0 Å². The SMILES string of the molecule is CN(CCc1ccc(Br)s1)c1ccccc1N. The predicted octanol–water partition coefficient (Wildman–Crippen LogP) is 3.77. The van der Waals surface area contributed by atoms with E-state index in [0.29, 0.717) is 0 Å². The lowest BCUT2D eigenvalue weighted by Gasteiger charge is -2.20. The Balaban J connectivity index is 1.98. The summed E-state index contributed by atoms with van der Waals surface area (Å²) in [6.45, 7) is 0.973. The van der Waals surface area contributed by atoms with Crippen molar-refractivity contribution in [3.05, 3.63) is 45.1 Å². The molecule has 0 saturated heterocycles. The summed E-state index contributed by atoms with van der Waals surface area (Å²) in [6, 6.07) is 12.2. The van der Waals surface area contributed by atoms with Gasteiger partial charge in [0.1, 0.15) is 0 Å². The summed E-state index contributed by atoms with van der Waals surface area (Å²) in [4.78, 5) is 3.58. The highest BCUT2D eigenvalue weighted by Gasteiger charge is 2.05. The van der Waals surface area contributed by atoms with Gasteiger partial charge in [0.25, 0.3) is 0 Å². The number of halogens is 1. The number of hydrogen-bond donors (Lipinski definition) is 1. The smallest absolute Gasteiger partial charge is 0.0701 e. The molecule has 0 bridgehead atoms. The summed E-state index contributed by atoms with van der Waals surface area (Å²) in [7, 11) is 2.08. The molecule has 0 amide bonds. The largest absolute Gasteiger partial charge is 0.397 e. The van der Waals surface area contributed by atoms with Crippen LogP contribution in [0.2, 0.25) is 0 Å². The maximum atomic E-state index is 5.95. The van der Waals surface area contributed by atoms with Gasteiger partial charge in [-0.15, -0.1) is 11.3 Å². The minimum Gasteiger partial charge on any atom is -0.397 e. The van der Waals surface area contributed by atoms with E-state index in [2.05, 4.69) is 46.1 Å². The van der Waals surface area contributed by atoms with Gasteiger partial charge in [0.05, 0.1) is 15.2 Å². The molecule has 2 N–H and O–H groups in total. The second kappa shape index (κ2) is 5.56. The molecule has 2 nitrogen and oxygen atoms in total. The highest BCUT2D eigenvalue weighted by Crippen LogP contribution is 2.24. The van der Waals surface area contributed by atoms with Crippen molar-refractivity contribution in [2.75, 3.05) is 24.2 Å². The van der Waals surface area contributed by atoms with E-state index in [4.69, 9.17) is 5.73 Å². The van der Waals surface area contributed by atoms with E-state index < -0.39 is 0 Å². The third-order valence-corrected chi connectivity index (χ3v) is 4.35. The number of nitrogen functional groups attached to an aromatic ring is 1. The second-order valence-corrected chi connectivity index (χ2v) is 6.48. The molecule has 2 aromatic rings. The van der Waals surface area contributed by atoms with E-state index in [-0.39, 0.29) is 0 Å². The maximum Gasteiger partial charge on any atom is 0.0701 e. The number of hydrogen-bond acceptors (Lipinski definition) is 3. The molecule has 90 valence electrons. The minimum absolute atomic E-state index is 0.836. The summed E-state index contributed by atoms with van der Waals surface area (Å²) in [5.41, 5.74) is 7.88. The molecule has 17 heavy (non-hydrogen) atoms. The molecule has 0 unspecified atom stereocenters. The zero-order chi connectivity index (χ0) is 12.3. The average Bonchev–Trinajstić information content (AvgIpc) is 2.73. The number of rotatable bonds is 4. The Hall–Kier alpha value is -1.00. The van der Waals surface area contributed by atoms with Gasteiger partial charge in [-0.05, 0) is 46.6 Å². The summed E-state index contributed by atoms with van der Waals surface area (Å²) in [6.07, 6.45) is 1.04. The fourth-order valence-corrected chi connectivity index (χ4v) is 3.19. The molecule has 0 atom stereocenters. The molecule has 0 aliphatic heterocycles. The molecule has 1 aromatic heterocycles. The van der Waals surface area contributed by atoms with Gasteiger partial charge in [0.2, 0.25) is 0 Å². The number of likely N-dealkylation sites (N-methyl/N-ethyl adjacent to an activating group) is 1. The Bertz CT molecular complexity index is 496. The topological polar surface area (TPSA) is 29.3 Å². The highest BCUT2D eigenvalue weighted by atomic mass is 79.9. The Morgan fingerprint density at radius 3 is 2.65 bits per heavy atom. The molecule has 0 fully saturated rings. The van der Waals surface area contributed by atoms with Gasteiger partial charge in [-0.1, -0.05) is 12.1 Å². The van der Waals surface area contributed by atoms with Gasteiger partial charge >= 0.3 is 0 Å². The van der Waals surface area contributed by atoms with Crippen molar-refractivity contribution in [2.45, 2.75) is 6.42 Å². The number of benzene rings is 1. The zero-order valence-corrected chi connectivity index (χ0v) is 12.1. The lowest BCUT2D eigenvalue weighted by molar-refractivity contribution is 0.889. The van der Waals surface area contributed by atoms with Crippen LogP contribution in [0.5, 0.6) is 0 Å². The van der Waals surface area contributed by atoms with Crippen molar-refractivity contribution in [1.29, 1.82) is 0 Å². The van der Waals surface area contributed by atoms with Crippen molar-refractivity contribution in [3.63, 3.8) is 0 Å². The molecule has 0 spiro atoms. The predicted molar refractivity (Wildman–Crippen MR) is 79.8 cm³/mol. The van der Waals surface area contributed by atoms with Crippen LogP contribution in [-0.2, 0) is 6.42 Å². The molecule has 4 heteroatoms. The fourth-order valence-electron chi connectivity index (χ4n) is 1.72. The van der Waals surface area contributed by atoms with Crippen LogP contribution in [0.15, 0.2) is 40.2 Å². The lowest BCUT2D eigenvalue weighted by atomic mass is 10.2. The first-order valence-corrected chi connectivity index (χ1v) is 7.07. The summed E-state index contributed by atoms with van der Waals surface area (Å²) >= 11 is 5.27. The van der Waals surface area contributed by atoms with E-state index >= 15 is 0 Å². The quantitative estimate of drug-likeness (QED) is 0.871.